The summed E-state index contributed by atoms with van der Waals surface area (Å²) in [5.41, 5.74) is 9.88. The Morgan fingerprint density at radius 3 is 2.50 bits per heavy atom. The number of Topliss-reactive ketones (excluding diaryl/α,β-unsaturated/α-hetero) is 1. The maximum atomic E-state index is 12.6. The zero-order valence-corrected chi connectivity index (χ0v) is 12.6. The average Bonchev–Trinajstić information content (AvgIpc) is 2.51. The van der Waals surface area contributed by atoms with Crippen molar-refractivity contribution in [2.24, 2.45) is 11.5 Å². The van der Waals surface area contributed by atoms with E-state index in [0.29, 0.717) is 18.5 Å². The molecule has 7 nitrogen and oxygen atoms in total. The molecule has 0 radical (unpaired) electrons. The third-order valence-electron chi connectivity index (χ3n) is 3.14. The maximum Gasteiger partial charge on any atom is 0.334 e. The normalized spacial score (nSPS) is 13.0. The van der Waals surface area contributed by atoms with E-state index in [9.17, 15) is 9.59 Å². The van der Waals surface area contributed by atoms with Crippen molar-refractivity contribution in [3.05, 3.63) is 35.9 Å². The minimum absolute atomic E-state index is 0.0971. The van der Waals surface area contributed by atoms with Crippen LogP contribution in [-0.2, 0) is 9.53 Å². The van der Waals surface area contributed by atoms with Gasteiger partial charge in [0.25, 0.3) is 0 Å². The van der Waals surface area contributed by atoms with E-state index >= 15 is 0 Å². The molecular weight excluding hydrogens is 284 g/mol. The first-order valence-corrected chi connectivity index (χ1v) is 7.05. The minimum atomic E-state index is -1.74. The summed E-state index contributed by atoms with van der Waals surface area (Å²) in [6.45, 7) is 2.14. The molecular formula is C15H22N4O3. The predicted octanol–water partition coefficient (Wildman–Crippen LogP) is 0.393. The fourth-order valence-corrected chi connectivity index (χ4v) is 2.01. The summed E-state index contributed by atoms with van der Waals surface area (Å²) in [7, 11) is 0. The highest BCUT2D eigenvalue weighted by molar-refractivity contribution is 6.16. The summed E-state index contributed by atoms with van der Waals surface area (Å²) < 4.78 is 4.96. The number of carbonyl (C=O) groups is 2. The Morgan fingerprint density at radius 1 is 1.32 bits per heavy atom. The van der Waals surface area contributed by atoms with Crippen LogP contribution in [0.5, 0.6) is 0 Å². The highest BCUT2D eigenvalue weighted by Crippen LogP contribution is 2.19. The van der Waals surface area contributed by atoms with Crippen molar-refractivity contribution < 1.29 is 14.3 Å². The van der Waals surface area contributed by atoms with Gasteiger partial charge < -0.3 is 21.5 Å². The molecule has 0 heterocycles. The zero-order chi connectivity index (χ0) is 16.6. The van der Waals surface area contributed by atoms with Gasteiger partial charge in [0.2, 0.25) is 0 Å². The third-order valence-corrected chi connectivity index (χ3v) is 3.14. The second-order valence-electron chi connectivity index (χ2n) is 4.83. The summed E-state index contributed by atoms with van der Waals surface area (Å²) in [5, 5.41) is 9.68. The molecule has 1 atom stereocenters. The van der Waals surface area contributed by atoms with Crippen molar-refractivity contribution in [2.75, 3.05) is 13.2 Å². The molecule has 7 heteroatoms. The largest absolute Gasteiger partial charge is 0.464 e. The van der Waals surface area contributed by atoms with Crippen LogP contribution in [0.3, 0.4) is 0 Å². The van der Waals surface area contributed by atoms with Gasteiger partial charge in [0, 0.05) is 12.1 Å². The van der Waals surface area contributed by atoms with Crippen LogP contribution in [0.1, 0.15) is 30.1 Å². The number of ether oxygens (including phenoxy) is 1. The van der Waals surface area contributed by atoms with Crippen LogP contribution in [0.15, 0.2) is 30.3 Å². The fourth-order valence-electron chi connectivity index (χ4n) is 2.01. The van der Waals surface area contributed by atoms with Crippen LogP contribution in [-0.4, -0.2) is 36.4 Å². The topological polar surface area (TPSA) is 131 Å². The molecule has 1 aromatic rings. The second-order valence-corrected chi connectivity index (χ2v) is 4.83. The first-order valence-electron chi connectivity index (χ1n) is 7.05. The number of carbonyl (C=O) groups excluding carboxylic acids is 2. The van der Waals surface area contributed by atoms with E-state index in [1.165, 1.54) is 0 Å². The van der Waals surface area contributed by atoms with Crippen LogP contribution in [0.4, 0.5) is 0 Å². The van der Waals surface area contributed by atoms with Crippen LogP contribution in [0.2, 0.25) is 0 Å². The number of nitrogens with one attached hydrogen (secondary N) is 2. The Kier molecular flexibility index (Phi) is 6.52. The molecule has 0 unspecified atom stereocenters. The van der Waals surface area contributed by atoms with Gasteiger partial charge >= 0.3 is 5.97 Å². The first kappa shape index (κ1) is 17.6. The molecule has 0 spiro atoms. The van der Waals surface area contributed by atoms with Gasteiger partial charge in [-0.05, 0) is 19.8 Å². The summed E-state index contributed by atoms with van der Waals surface area (Å²) in [4.78, 5) is 24.8. The van der Waals surface area contributed by atoms with E-state index in [0.717, 1.165) is 0 Å². The average molecular weight is 306 g/mol. The number of guanidine groups is 1. The minimum Gasteiger partial charge on any atom is -0.464 e. The van der Waals surface area contributed by atoms with E-state index in [1.54, 1.807) is 37.3 Å². The summed E-state index contributed by atoms with van der Waals surface area (Å²) in [6, 6.07) is 8.40. The van der Waals surface area contributed by atoms with Crippen molar-refractivity contribution in [3.8, 4) is 0 Å². The van der Waals surface area contributed by atoms with E-state index in [2.05, 4.69) is 5.32 Å². The standard InChI is InChI=1S/C15H22N4O3/c1-2-22-13(21)15(18,9-6-10-19-14(16)17)12(20)11-7-4-3-5-8-11/h3-5,7-8H,2,6,9-10,18H2,1H3,(H4,16,17,19)/t15-/m1/s1. The molecule has 0 saturated heterocycles. The van der Waals surface area contributed by atoms with Gasteiger partial charge in [-0.15, -0.1) is 0 Å². The number of hydrogen-bond acceptors (Lipinski definition) is 5. The van der Waals surface area contributed by atoms with Gasteiger partial charge in [-0.1, -0.05) is 30.3 Å². The molecule has 0 fully saturated rings. The van der Waals surface area contributed by atoms with Gasteiger partial charge in [-0.3, -0.25) is 10.2 Å². The molecule has 120 valence electrons. The molecule has 0 aliphatic rings. The van der Waals surface area contributed by atoms with E-state index in [-0.39, 0.29) is 19.0 Å². The molecule has 1 rings (SSSR count). The predicted molar refractivity (Wildman–Crippen MR) is 83.5 cm³/mol. The molecule has 0 bridgehead atoms. The Morgan fingerprint density at radius 2 is 1.95 bits per heavy atom. The Balaban J connectivity index is 2.88. The van der Waals surface area contributed by atoms with Crippen molar-refractivity contribution in [1.29, 1.82) is 5.41 Å². The lowest BCUT2D eigenvalue weighted by atomic mass is 9.86. The van der Waals surface area contributed by atoms with Gasteiger partial charge in [-0.2, -0.15) is 0 Å². The second kappa shape index (κ2) is 8.14. The van der Waals surface area contributed by atoms with Crippen molar-refractivity contribution in [1.82, 2.24) is 5.32 Å². The number of nitrogens with two attached hydrogens (primary N) is 2. The Bertz CT molecular complexity index is 533. The molecule has 0 aliphatic heterocycles. The van der Waals surface area contributed by atoms with Gasteiger partial charge in [0.15, 0.2) is 17.3 Å². The lowest BCUT2D eigenvalue weighted by Gasteiger charge is -2.25. The number of hydrogen-bond donors (Lipinski definition) is 4. The number of rotatable bonds is 8. The maximum absolute atomic E-state index is 12.6. The highest BCUT2D eigenvalue weighted by atomic mass is 16.5. The Labute approximate surface area is 129 Å². The van der Waals surface area contributed by atoms with Crippen molar-refractivity contribution in [2.45, 2.75) is 25.3 Å². The molecule has 6 N–H and O–H groups in total. The molecule has 0 aromatic heterocycles. The lowest BCUT2D eigenvalue weighted by Crippen LogP contribution is -2.56. The number of benzene rings is 1. The van der Waals surface area contributed by atoms with Gasteiger partial charge in [0.1, 0.15) is 0 Å². The Hall–Kier alpha value is -2.41. The van der Waals surface area contributed by atoms with Gasteiger partial charge in [0.05, 0.1) is 6.61 Å². The van der Waals surface area contributed by atoms with Crippen LogP contribution in [0.25, 0.3) is 0 Å². The molecule has 0 aliphatic carbocycles. The summed E-state index contributed by atoms with van der Waals surface area (Å²) in [5.74, 6) is -1.39. The first-order chi connectivity index (χ1) is 10.4. The molecule has 1 aromatic carbocycles. The van der Waals surface area contributed by atoms with Crippen LogP contribution < -0.4 is 16.8 Å². The van der Waals surface area contributed by atoms with Crippen LogP contribution in [0, 0.1) is 5.41 Å². The van der Waals surface area contributed by atoms with E-state index in [4.69, 9.17) is 21.6 Å². The third kappa shape index (κ3) is 4.56. The van der Waals surface area contributed by atoms with E-state index in [1.807, 2.05) is 0 Å². The smallest absolute Gasteiger partial charge is 0.334 e. The van der Waals surface area contributed by atoms with Crippen molar-refractivity contribution in [3.63, 3.8) is 0 Å². The van der Waals surface area contributed by atoms with E-state index < -0.39 is 17.3 Å². The molecule has 22 heavy (non-hydrogen) atoms. The number of esters is 1. The number of ketones is 1. The zero-order valence-electron chi connectivity index (χ0n) is 12.6. The molecule has 0 saturated carbocycles. The quantitative estimate of drug-likeness (QED) is 0.137. The summed E-state index contributed by atoms with van der Waals surface area (Å²) in [6.07, 6.45) is 0.493. The highest BCUT2D eigenvalue weighted by Gasteiger charge is 2.43. The van der Waals surface area contributed by atoms with Crippen LogP contribution >= 0.6 is 0 Å². The van der Waals surface area contributed by atoms with Crippen molar-refractivity contribution >= 4 is 17.7 Å². The fraction of sp³-hybridized carbons (Fsp3) is 0.400. The summed E-state index contributed by atoms with van der Waals surface area (Å²) >= 11 is 0. The molecule has 0 amide bonds. The van der Waals surface area contributed by atoms with Gasteiger partial charge in [-0.25, -0.2) is 4.79 Å². The lowest BCUT2D eigenvalue weighted by molar-refractivity contribution is -0.147. The monoisotopic (exact) mass is 306 g/mol. The SMILES string of the molecule is CCOC(=O)[C@@](N)(CCCNC(=N)N)C(=O)c1ccccc1.